The molecule has 0 fully saturated rings. The first-order valence-corrected chi connectivity index (χ1v) is 7.61. The average Bonchev–Trinajstić information content (AvgIpc) is 2.41. The molecule has 1 rings (SSSR count). The molecule has 0 saturated heterocycles. The van der Waals surface area contributed by atoms with Gasteiger partial charge in [-0.15, -0.1) is 0 Å². The third kappa shape index (κ3) is 4.40. The zero-order valence-corrected chi connectivity index (χ0v) is 14.4. The summed E-state index contributed by atoms with van der Waals surface area (Å²) in [7, 11) is 3.94. The molecule has 0 radical (unpaired) electrons. The highest BCUT2D eigenvalue weighted by molar-refractivity contribution is 5.71. The number of aliphatic carboxylic acids is 1. The van der Waals surface area contributed by atoms with Crippen LogP contribution in [-0.4, -0.2) is 46.4 Å². The van der Waals surface area contributed by atoms with Gasteiger partial charge in [-0.3, -0.25) is 4.79 Å². The molecular formula is C16H27N3O3. The van der Waals surface area contributed by atoms with Crippen molar-refractivity contribution >= 4 is 5.97 Å². The molecule has 124 valence electrons. The van der Waals surface area contributed by atoms with Gasteiger partial charge in [0, 0.05) is 18.5 Å². The van der Waals surface area contributed by atoms with Crippen molar-refractivity contribution in [3.8, 4) is 0 Å². The maximum absolute atomic E-state index is 12.4. The van der Waals surface area contributed by atoms with Crippen LogP contribution in [0.25, 0.3) is 0 Å². The molecule has 0 aliphatic rings. The van der Waals surface area contributed by atoms with E-state index in [9.17, 15) is 14.7 Å². The second-order valence-electron chi connectivity index (χ2n) is 6.48. The summed E-state index contributed by atoms with van der Waals surface area (Å²) in [6, 6.07) is -0.912. The second kappa shape index (κ2) is 7.54. The Labute approximate surface area is 131 Å². The lowest BCUT2D eigenvalue weighted by Crippen LogP contribution is -2.36. The summed E-state index contributed by atoms with van der Waals surface area (Å²) in [5.74, 6) is -0.841. The van der Waals surface area contributed by atoms with E-state index in [2.05, 4.69) is 5.10 Å². The third-order valence-electron chi connectivity index (χ3n) is 3.82. The van der Waals surface area contributed by atoms with Crippen LogP contribution < -0.4 is 5.56 Å². The predicted molar refractivity (Wildman–Crippen MR) is 86.4 cm³/mol. The van der Waals surface area contributed by atoms with Gasteiger partial charge in [0.05, 0.1) is 5.69 Å². The Morgan fingerprint density at radius 3 is 2.32 bits per heavy atom. The van der Waals surface area contributed by atoms with Crippen LogP contribution in [0.1, 0.15) is 43.1 Å². The largest absolute Gasteiger partial charge is 0.480 e. The summed E-state index contributed by atoms with van der Waals surface area (Å²) in [6.07, 6.45) is 1.08. The lowest BCUT2D eigenvalue weighted by atomic mass is 10.0. The molecule has 0 saturated carbocycles. The first kappa shape index (κ1) is 18.4. The van der Waals surface area contributed by atoms with Crippen LogP contribution in [0.3, 0.4) is 0 Å². The molecule has 0 aliphatic carbocycles. The van der Waals surface area contributed by atoms with Crippen LogP contribution in [0.4, 0.5) is 0 Å². The number of nitrogens with zero attached hydrogens (tertiary/aromatic N) is 3. The quantitative estimate of drug-likeness (QED) is 0.828. The molecule has 0 bridgehead atoms. The summed E-state index contributed by atoms with van der Waals surface area (Å²) in [6.45, 7) is 8.29. The lowest BCUT2D eigenvalue weighted by molar-refractivity contribution is -0.141. The van der Waals surface area contributed by atoms with Gasteiger partial charge in [-0.05, 0) is 45.8 Å². The van der Waals surface area contributed by atoms with Crippen LogP contribution in [0, 0.1) is 19.8 Å². The minimum absolute atomic E-state index is 0.168. The van der Waals surface area contributed by atoms with Gasteiger partial charge in [0.25, 0.3) is 5.56 Å². The van der Waals surface area contributed by atoms with Crippen molar-refractivity contribution in [3.05, 3.63) is 27.2 Å². The molecule has 1 N–H and O–H groups in total. The Balaban J connectivity index is 3.33. The van der Waals surface area contributed by atoms with Gasteiger partial charge in [-0.2, -0.15) is 5.10 Å². The molecule has 22 heavy (non-hydrogen) atoms. The Morgan fingerprint density at radius 2 is 1.86 bits per heavy atom. The number of carboxylic acids is 1. The maximum Gasteiger partial charge on any atom is 0.328 e. The van der Waals surface area contributed by atoms with Crippen LogP contribution in [-0.2, 0) is 11.2 Å². The first-order chi connectivity index (χ1) is 10.1. The highest BCUT2D eigenvalue weighted by atomic mass is 16.4. The molecule has 0 aromatic carbocycles. The van der Waals surface area contributed by atoms with Crippen molar-refractivity contribution in [2.45, 2.75) is 46.6 Å². The van der Waals surface area contributed by atoms with Crippen molar-refractivity contribution in [3.63, 3.8) is 0 Å². The monoisotopic (exact) mass is 309 g/mol. The topological polar surface area (TPSA) is 75.4 Å². The standard InChI is InChI=1S/C16H27N3O3/c1-10(2)9-14(16(21)22)19-15(20)12(4)11(3)13(17-19)7-8-18(5)6/h10,14H,7-9H2,1-6H3,(H,21,22). The molecule has 0 aliphatic heterocycles. The lowest BCUT2D eigenvalue weighted by Gasteiger charge is -2.20. The molecule has 1 aromatic heterocycles. The van der Waals surface area contributed by atoms with Crippen molar-refractivity contribution in [2.24, 2.45) is 5.92 Å². The fraction of sp³-hybridized carbons (Fsp3) is 0.688. The Bertz CT molecular complexity index is 591. The van der Waals surface area contributed by atoms with Gasteiger partial charge in [-0.25, -0.2) is 9.48 Å². The molecule has 6 nitrogen and oxygen atoms in total. The smallest absolute Gasteiger partial charge is 0.328 e. The molecule has 0 amide bonds. The van der Waals surface area contributed by atoms with Crippen molar-refractivity contribution < 1.29 is 9.90 Å². The fourth-order valence-electron chi connectivity index (χ4n) is 2.33. The number of aromatic nitrogens is 2. The Kier molecular flexibility index (Phi) is 6.29. The van der Waals surface area contributed by atoms with E-state index >= 15 is 0 Å². The van der Waals surface area contributed by atoms with Gasteiger partial charge >= 0.3 is 5.97 Å². The predicted octanol–water partition coefficient (Wildman–Crippen LogP) is 1.64. The number of carboxylic acid groups (broad SMARTS) is 1. The molecule has 1 atom stereocenters. The number of hydrogen-bond donors (Lipinski definition) is 1. The van der Waals surface area contributed by atoms with Crippen molar-refractivity contribution in [1.29, 1.82) is 0 Å². The van der Waals surface area contributed by atoms with E-state index < -0.39 is 12.0 Å². The van der Waals surface area contributed by atoms with Gasteiger partial charge in [-0.1, -0.05) is 13.8 Å². The molecule has 6 heteroatoms. The number of rotatable bonds is 7. The average molecular weight is 309 g/mol. The normalized spacial score (nSPS) is 12.9. The summed E-state index contributed by atoms with van der Waals surface area (Å²) in [5, 5.41) is 13.8. The maximum atomic E-state index is 12.4. The van der Waals surface area contributed by atoms with Crippen LogP contribution >= 0.6 is 0 Å². The van der Waals surface area contributed by atoms with Gasteiger partial charge in [0.1, 0.15) is 0 Å². The summed E-state index contributed by atoms with van der Waals surface area (Å²) < 4.78 is 1.16. The van der Waals surface area contributed by atoms with Crippen molar-refractivity contribution in [1.82, 2.24) is 14.7 Å². The van der Waals surface area contributed by atoms with Gasteiger partial charge < -0.3 is 10.0 Å². The molecule has 1 aromatic rings. The van der Waals surface area contributed by atoms with E-state index in [1.165, 1.54) is 0 Å². The van der Waals surface area contributed by atoms with E-state index in [1.54, 1.807) is 6.92 Å². The third-order valence-corrected chi connectivity index (χ3v) is 3.82. The zero-order chi connectivity index (χ0) is 17.0. The summed E-state index contributed by atoms with van der Waals surface area (Å²) >= 11 is 0. The van der Waals surface area contributed by atoms with E-state index in [4.69, 9.17) is 0 Å². The van der Waals surface area contributed by atoms with Crippen LogP contribution in [0.2, 0.25) is 0 Å². The highest BCUT2D eigenvalue weighted by Gasteiger charge is 2.25. The fourth-order valence-corrected chi connectivity index (χ4v) is 2.33. The molecule has 1 unspecified atom stereocenters. The zero-order valence-electron chi connectivity index (χ0n) is 14.4. The Morgan fingerprint density at radius 1 is 1.27 bits per heavy atom. The minimum Gasteiger partial charge on any atom is -0.480 e. The Hall–Kier alpha value is -1.69. The van der Waals surface area contributed by atoms with E-state index in [0.29, 0.717) is 18.4 Å². The first-order valence-electron chi connectivity index (χ1n) is 7.61. The SMILES string of the molecule is Cc1c(CCN(C)C)nn(C(CC(C)C)C(=O)O)c(=O)c1C. The second-order valence-corrected chi connectivity index (χ2v) is 6.48. The summed E-state index contributed by atoms with van der Waals surface area (Å²) in [4.78, 5) is 26.0. The van der Waals surface area contributed by atoms with E-state index in [0.717, 1.165) is 22.5 Å². The van der Waals surface area contributed by atoms with Crippen molar-refractivity contribution in [2.75, 3.05) is 20.6 Å². The van der Waals surface area contributed by atoms with E-state index in [1.807, 2.05) is 39.8 Å². The molecular weight excluding hydrogens is 282 g/mol. The van der Waals surface area contributed by atoms with E-state index in [-0.39, 0.29) is 11.5 Å². The van der Waals surface area contributed by atoms with Gasteiger partial charge in [0.15, 0.2) is 6.04 Å². The molecule has 1 heterocycles. The number of carbonyl (C=O) groups is 1. The minimum atomic E-state index is -1.01. The van der Waals surface area contributed by atoms with Gasteiger partial charge in [0.2, 0.25) is 0 Å². The molecule has 0 spiro atoms. The number of likely N-dealkylation sites (N-methyl/N-ethyl adjacent to an activating group) is 1. The van der Waals surface area contributed by atoms with Crippen LogP contribution in [0.5, 0.6) is 0 Å². The highest BCUT2D eigenvalue weighted by Crippen LogP contribution is 2.17. The summed E-state index contributed by atoms with van der Waals surface area (Å²) in [5.41, 5.74) is 1.93. The van der Waals surface area contributed by atoms with Crippen LogP contribution in [0.15, 0.2) is 4.79 Å². The number of hydrogen-bond acceptors (Lipinski definition) is 4.